The number of sulfonamides is 1. The van der Waals surface area contributed by atoms with Gasteiger partial charge < -0.3 is 19.0 Å². The molecule has 0 saturated carbocycles. The molecule has 1 amide bonds. The smallest absolute Gasteiger partial charge is 0.335 e. The summed E-state index contributed by atoms with van der Waals surface area (Å²) in [6, 6.07) is 15.0. The van der Waals surface area contributed by atoms with Crippen LogP contribution in [0.15, 0.2) is 70.0 Å². The van der Waals surface area contributed by atoms with Gasteiger partial charge in [-0.1, -0.05) is 29.8 Å². The second-order valence-corrected chi connectivity index (χ2v) is 9.11. The standard InChI is InChI=1S/C23H18ClNO7S/c1-13-5-3-4-6-20(13)33(28,29)25-22(27)14-7-10-19-16(11-14)21(30-2)23(32-19)31-15-8-9-18(26)17(24)12-15/h3-12,26H,1-2H3,(H,25,27). The monoisotopic (exact) mass is 487 g/mol. The molecule has 1 heterocycles. The Morgan fingerprint density at radius 1 is 1.09 bits per heavy atom. The van der Waals surface area contributed by atoms with Crippen LogP contribution in [0.25, 0.3) is 11.0 Å². The van der Waals surface area contributed by atoms with Gasteiger partial charge in [0.1, 0.15) is 17.1 Å². The van der Waals surface area contributed by atoms with E-state index in [1.807, 2.05) is 0 Å². The maximum atomic E-state index is 12.7. The van der Waals surface area contributed by atoms with Crippen LogP contribution in [0.5, 0.6) is 23.2 Å². The van der Waals surface area contributed by atoms with Gasteiger partial charge >= 0.3 is 5.95 Å². The number of phenols is 1. The van der Waals surface area contributed by atoms with Gasteiger partial charge in [0, 0.05) is 11.6 Å². The molecule has 0 aliphatic rings. The van der Waals surface area contributed by atoms with Gasteiger partial charge in [0.25, 0.3) is 15.9 Å². The largest absolute Gasteiger partial charge is 0.506 e. The van der Waals surface area contributed by atoms with Gasteiger partial charge in [0.2, 0.25) is 5.75 Å². The van der Waals surface area contributed by atoms with Crippen LogP contribution in [-0.4, -0.2) is 26.5 Å². The van der Waals surface area contributed by atoms with Crippen LogP contribution >= 0.6 is 11.6 Å². The molecule has 4 rings (SSSR count). The van der Waals surface area contributed by atoms with Gasteiger partial charge in [-0.3, -0.25) is 4.79 Å². The van der Waals surface area contributed by atoms with E-state index in [1.54, 1.807) is 25.1 Å². The Morgan fingerprint density at radius 3 is 2.55 bits per heavy atom. The fraction of sp³-hybridized carbons (Fsp3) is 0.0870. The predicted molar refractivity (Wildman–Crippen MR) is 122 cm³/mol. The molecule has 0 unspecified atom stereocenters. The van der Waals surface area contributed by atoms with Crippen molar-refractivity contribution in [2.24, 2.45) is 0 Å². The highest BCUT2D eigenvalue weighted by Gasteiger charge is 2.23. The first-order valence-electron chi connectivity index (χ1n) is 9.59. The summed E-state index contributed by atoms with van der Waals surface area (Å²) in [6.07, 6.45) is 0. The number of halogens is 1. The lowest BCUT2D eigenvalue weighted by Gasteiger charge is -2.09. The van der Waals surface area contributed by atoms with Crippen molar-refractivity contribution in [2.75, 3.05) is 7.11 Å². The minimum Gasteiger partial charge on any atom is -0.506 e. The van der Waals surface area contributed by atoms with E-state index < -0.39 is 15.9 Å². The molecule has 0 saturated heterocycles. The normalized spacial score (nSPS) is 11.4. The summed E-state index contributed by atoms with van der Waals surface area (Å²) >= 11 is 5.91. The maximum Gasteiger partial charge on any atom is 0.335 e. The van der Waals surface area contributed by atoms with Crippen molar-refractivity contribution in [3.8, 4) is 23.2 Å². The molecule has 0 atom stereocenters. The highest BCUT2D eigenvalue weighted by molar-refractivity contribution is 7.90. The maximum absolute atomic E-state index is 12.7. The van der Waals surface area contributed by atoms with Crippen LogP contribution in [0.3, 0.4) is 0 Å². The summed E-state index contributed by atoms with van der Waals surface area (Å²) in [7, 11) is -2.66. The number of aromatic hydroxyl groups is 1. The summed E-state index contributed by atoms with van der Waals surface area (Å²) in [5.41, 5.74) is 0.948. The number of fused-ring (bicyclic) bond motifs is 1. The SMILES string of the molecule is COc1c(Oc2ccc(O)c(Cl)c2)oc2ccc(C(=O)NS(=O)(=O)c3ccccc3C)cc12. The first-order chi connectivity index (χ1) is 15.7. The minimum atomic E-state index is -4.06. The van der Waals surface area contributed by atoms with Gasteiger partial charge in [-0.2, -0.15) is 0 Å². The summed E-state index contributed by atoms with van der Waals surface area (Å²) in [5.74, 6) is -0.421. The molecule has 4 aromatic rings. The van der Waals surface area contributed by atoms with Gasteiger partial charge in [-0.15, -0.1) is 0 Å². The zero-order valence-electron chi connectivity index (χ0n) is 17.5. The van der Waals surface area contributed by atoms with Crippen molar-refractivity contribution in [1.82, 2.24) is 4.72 Å². The number of amides is 1. The fourth-order valence-electron chi connectivity index (χ4n) is 3.21. The zero-order chi connectivity index (χ0) is 23.8. The molecule has 0 radical (unpaired) electrons. The van der Waals surface area contributed by atoms with Gasteiger partial charge in [-0.25, -0.2) is 13.1 Å². The molecule has 0 aliphatic heterocycles. The molecule has 3 aromatic carbocycles. The van der Waals surface area contributed by atoms with Crippen LogP contribution < -0.4 is 14.2 Å². The Hall–Kier alpha value is -3.69. The zero-order valence-corrected chi connectivity index (χ0v) is 19.0. The van der Waals surface area contributed by atoms with Crippen molar-refractivity contribution in [3.63, 3.8) is 0 Å². The minimum absolute atomic E-state index is 0.000605. The number of ether oxygens (including phenoxy) is 2. The third-order valence-electron chi connectivity index (χ3n) is 4.82. The molecule has 10 heteroatoms. The molecule has 0 bridgehead atoms. The van der Waals surface area contributed by atoms with Crippen LogP contribution in [0, 0.1) is 6.92 Å². The Bertz CT molecular complexity index is 1480. The Kier molecular flexibility index (Phi) is 5.92. The van der Waals surface area contributed by atoms with E-state index in [1.165, 1.54) is 49.6 Å². The summed E-state index contributed by atoms with van der Waals surface area (Å²) in [6.45, 7) is 1.64. The van der Waals surface area contributed by atoms with Crippen molar-refractivity contribution < 1.29 is 32.2 Å². The Labute approximate surface area is 194 Å². The van der Waals surface area contributed by atoms with Gasteiger partial charge in [0.05, 0.1) is 22.4 Å². The molecule has 0 spiro atoms. The lowest BCUT2D eigenvalue weighted by atomic mass is 10.1. The number of carbonyl (C=O) groups excluding carboxylic acids is 1. The van der Waals surface area contributed by atoms with E-state index in [0.29, 0.717) is 16.5 Å². The number of aryl methyl sites for hydroxylation is 1. The average molecular weight is 488 g/mol. The average Bonchev–Trinajstić information content (AvgIpc) is 3.12. The number of methoxy groups -OCH3 is 1. The number of phenolic OH excluding ortho intramolecular Hbond substituents is 1. The van der Waals surface area contributed by atoms with Crippen LogP contribution in [0.2, 0.25) is 5.02 Å². The third-order valence-corrected chi connectivity index (χ3v) is 6.61. The number of rotatable bonds is 6. The van der Waals surface area contributed by atoms with Crippen molar-refractivity contribution >= 4 is 38.5 Å². The van der Waals surface area contributed by atoms with Crippen molar-refractivity contribution in [3.05, 3.63) is 76.8 Å². The molecule has 0 aliphatic carbocycles. The highest BCUT2D eigenvalue weighted by Crippen LogP contribution is 2.42. The topological polar surface area (TPSA) is 115 Å². The summed E-state index contributed by atoms with van der Waals surface area (Å²) in [5, 5.41) is 10.1. The lowest BCUT2D eigenvalue weighted by molar-refractivity contribution is 0.0981. The molecule has 0 fully saturated rings. The molecule has 2 N–H and O–H groups in total. The molecule has 8 nitrogen and oxygen atoms in total. The summed E-state index contributed by atoms with van der Waals surface area (Å²) in [4.78, 5) is 12.7. The highest BCUT2D eigenvalue weighted by atomic mass is 35.5. The van der Waals surface area contributed by atoms with Crippen molar-refractivity contribution in [2.45, 2.75) is 11.8 Å². The van der Waals surface area contributed by atoms with E-state index >= 15 is 0 Å². The Morgan fingerprint density at radius 2 is 1.85 bits per heavy atom. The number of nitrogens with one attached hydrogen (secondary N) is 1. The lowest BCUT2D eigenvalue weighted by Crippen LogP contribution is -2.31. The first-order valence-corrected chi connectivity index (χ1v) is 11.5. The second-order valence-electron chi connectivity index (χ2n) is 7.05. The van der Waals surface area contributed by atoms with Crippen LogP contribution in [0.1, 0.15) is 15.9 Å². The first kappa shape index (κ1) is 22.5. The number of hydrogen-bond donors (Lipinski definition) is 2. The molecule has 33 heavy (non-hydrogen) atoms. The van der Waals surface area contributed by atoms with Gasteiger partial charge in [0.15, 0.2) is 0 Å². The quantitative estimate of drug-likeness (QED) is 0.392. The predicted octanol–water partition coefficient (Wildman–Crippen LogP) is 5.02. The molecule has 170 valence electrons. The van der Waals surface area contributed by atoms with E-state index in [-0.39, 0.29) is 38.7 Å². The second kappa shape index (κ2) is 8.68. The van der Waals surface area contributed by atoms with E-state index in [9.17, 15) is 18.3 Å². The Balaban J connectivity index is 1.65. The third kappa shape index (κ3) is 4.46. The summed E-state index contributed by atoms with van der Waals surface area (Å²) < 4.78 is 44.2. The van der Waals surface area contributed by atoms with E-state index in [2.05, 4.69) is 4.72 Å². The fourth-order valence-corrected chi connectivity index (χ4v) is 4.60. The number of carbonyl (C=O) groups is 1. The molecular weight excluding hydrogens is 470 g/mol. The van der Waals surface area contributed by atoms with Crippen molar-refractivity contribution in [1.29, 1.82) is 0 Å². The van der Waals surface area contributed by atoms with Gasteiger partial charge in [-0.05, 0) is 48.9 Å². The van der Waals surface area contributed by atoms with E-state index in [4.69, 9.17) is 25.5 Å². The number of hydrogen-bond acceptors (Lipinski definition) is 7. The van der Waals surface area contributed by atoms with E-state index in [0.717, 1.165) is 0 Å². The van der Waals surface area contributed by atoms with Crippen LogP contribution in [0.4, 0.5) is 0 Å². The molecular formula is C23H18ClNO7S. The van der Waals surface area contributed by atoms with Crippen LogP contribution in [-0.2, 0) is 10.0 Å². The number of benzene rings is 3. The molecule has 1 aromatic heterocycles. The number of furan rings is 1.